The highest BCUT2D eigenvalue weighted by Gasteiger charge is 2.18. The number of hydrogen-bond acceptors (Lipinski definition) is 3. The first-order valence-electron chi connectivity index (χ1n) is 5.39. The van der Waals surface area contributed by atoms with Crippen LogP contribution in [-0.4, -0.2) is 23.5 Å². The molecule has 16 heavy (non-hydrogen) atoms. The van der Waals surface area contributed by atoms with Crippen LogP contribution in [0.15, 0.2) is 22.8 Å². The number of hydrogen-bond donors (Lipinski definition) is 2. The number of halogens is 1. The lowest BCUT2D eigenvalue weighted by atomic mass is 10.1. The molecule has 1 aliphatic heterocycles. The first-order chi connectivity index (χ1) is 7.75. The second-order valence-electron chi connectivity index (χ2n) is 3.88. The highest BCUT2D eigenvalue weighted by Crippen LogP contribution is 2.19. The van der Waals surface area contributed by atoms with E-state index in [9.17, 15) is 4.79 Å². The molecule has 5 heteroatoms. The molecule has 2 rings (SSSR count). The van der Waals surface area contributed by atoms with Gasteiger partial charge in [-0.3, -0.25) is 4.79 Å². The van der Waals surface area contributed by atoms with E-state index in [2.05, 4.69) is 31.5 Å². The van der Waals surface area contributed by atoms with Gasteiger partial charge in [-0.25, -0.2) is 4.98 Å². The first kappa shape index (κ1) is 11.5. The van der Waals surface area contributed by atoms with Crippen LogP contribution in [0.25, 0.3) is 0 Å². The Morgan fingerprint density at radius 2 is 2.56 bits per heavy atom. The molecule has 1 aromatic rings. The van der Waals surface area contributed by atoms with Gasteiger partial charge in [0.1, 0.15) is 5.82 Å². The van der Waals surface area contributed by atoms with Crippen molar-refractivity contribution in [2.75, 3.05) is 11.9 Å². The molecule has 0 aliphatic carbocycles. The maximum Gasteiger partial charge on any atom is 0.227 e. The summed E-state index contributed by atoms with van der Waals surface area (Å²) in [5, 5.41) is 6.10. The molecule has 0 bridgehead atoms. The maximum absolute atomic E-state index is 11.7. The van der Waals surface area contributed by atoms with Crippen LogP contribution < -0.4 is 10.6 Å². The lowest BCUT2D eigenvalue weighted by Crippen LogP contribution is -2.27. The van der Waals surface area contributed by atoms with Gasteiger partial charge in [0, 0.05) is 18.7 Å². The number of aromatic nitrogens is 1. The Hall–Kier alpha value is -0.940. The molecule has 1 unspecified atom stereocenters. The molecule has 1 saturated heterocycles. The molecule has 0 spiro atoms. The van der Waals surface area contributed by atoms with E-state index in [1.807, 2.05) is 12.1 Å². The fourth-order valence-corrected chi connectivity index (χ4v) is 2.17. The van der Waals surface area contributed by atoms with Crippen molar-refractivity contribution in [2.45, 2.75) is 25.3 Å². The highest BCUT2D eigenvalue weighted by atomic mass is 79.9. The van der Waals surface area contributed by atoms with E-state index in [0.29, 0.717) is 18.3 Å². The van der Waals surface area contributed by atoms with Crippen molar-refractivity contribution < 1.29 is 4.79 Å². The number of carbonyl (C=O) groups excluding carboxylic acids is 1. The Labute approximate surface area is 103 Å². The van der Waals surface area contributed by atoms with Crippen molar-refractivity contribution in [1.82, 2.24) is 10.3 Å². The standard InChI is InChI=1S/C11H14BrN3O/c12-9-4-2-6-14-11(9)15-10(16)7-8-3-1-5-13-8/h2,4,6,8,13H,1,3,5,7H2,(H,14,15,16). The molecule has 1 aliphatic rings. The number of nitrogens with one attached hydrogen (secondary N) is 2. The Morgan fingerprint density at radius 3 is 3.25 bits per heavy atom. The minimum atomic E-state index is 0.0128. The van der Waals surface area contributed by atoms with Gasteiger partial charge in [-0.05, 0) is 47.4 Å². The molecule has 1 fully saturated rings. The van der Waals surface area contributed by atoms with Crippen molar-refractivity contribution in [1.29, 1.82) is 0 Å². The minimum absolute atomic E-state index is 0.0128. The summed E-state index contributed by atoms with van der Waals surface area (Å²) in [5.41, 5.74) is 0. The predicted molar refractivity (Wildman–Crippen MR) is 66.2 cm³/mol. The van der Waals surface area contributed by atoms with Crippen molar-refractivity contribution in [3.05, 3.63) is 22.8 Å². The summed E-state index contributed by atoms with van der Waals surface area (Å²) < 4.78 is 0.808. The average molecular weight is 284 g/mol. The molecule has 0 aromatic carbocycles. The molecular weight excluding hydrogens is 270 g/mol. The van der Waals surface area contributed by atoms with Gasteiger partial charge >= 0.3 is 0 Å². The molecule has 1 amide bonds. The average Bonchev–Trinajstić information content (AvgIpc) is 2.74. The van der Waals surface area contributed by atoms with Crippen LogP contribution in [0.1, 0.15) is 19.3 Å². The molecule has 2 heterocycles. The monoisotopic (exact) mass is 283 g/mol. The van der Waals surface area contributed by atoms with Gasteiger partial charge in [0.15, 0.2) is 0 Å². The van der Waals surface area contributed by atoms with E-state index in [-0.39, 0.29) is 5.91 Å². The number of carbonyl (C=O) groups is 1. The Bertz CT molecular complexity index is 377. The third-order valence-corrected chi connectivity index (χ3v) is 3.25. The summed E-state index contributed by atoms with van der Waals surface area (Å²) in [5.74, 6) is 0.601. The van der Waals surface area contributed by atoms with Gasteiger partial charge in [-0.15, -0.1) is 0 Å². The number of nitrogens with zero attached hydrogens (tertiary/aromatic N) is 1. The van der Waals surface area contributed by atoms with E-state index in [1.165, 1.54) is 0 Å². The van der Waals surface area contributed by atoms with Gasteiger partial charge in [0.05, 0.1) is 4.47 Å². The van der Waals surface area contributed by atoms with E-state index in [0.717, 1.165) is 23.9 Å². The predicted octanol–water partition coefficient (Wildman–Crippen LogP) is 1.92. The lowest BCUT2D eigenvalue weighted by Gasteiger charge is -2.10. The molecule has 2 N–H and O–H groups in total. The maximum atomic E-state index is 11.7. The number of pyridine rings is 1. The van der Waals surface area contributed by atoms with Gasteiger partial charge < -0.3 is 10.6 Å². The van der Waals surface area contributed by atoms with E-state index in [4.69, 9.17) is 0 Å². The number of amides is 1. The molecule has 86 valence electrons. The van der Waals surface area contributed by atoms with E-state index in [1.54, 1.807) is 6.20 Å². The molecule has 1 aromatic heterocycles. The molecule has 4 nitrogen and oxygen atoms in total. The van der Waals surface area contributed by atoms with Crippen LogP contribution in [0.3, 0.4) is 0 Å². The summed E-state index contributed by atoms with van der Waals surface area (Å²) in [6.45, 7) is 1.02. The lowest BCUT2D eigenvalue weighted by molar-refractivity contribution is -0.116. The zero-order valence-corrected chi connectivity index (χ0v) is 10.5. The Balaban J connectivity index is 1.89. The highest BCUT2D eigenvalue weighted by molar-refractivity contribution is 9.10. The van der Waals surface area contributed by atoms with Crippen LogP contribution in [0.2, 0.25) is 0 Å². The van der Waals surface area contributed by atoms with Crippen LogP contribution >= 0.6 is 15.9 Å². The largest absolute Gasteiger partial charge is 0.313 e. The normalized spacial score (nSPS) is 19.7. The molecule has 0 saturated carbocycles. The fraction of sp³-hybridized carbons (Fsp3) is 0.455. The smallest absolute Gasteiger partial charge is 0.227 e. The second-order valence-corrected chi connectivity index (χ2v) is 4.73. The van der Waals surface area contributed by atoms with Crippen LogP contribution in [0.4, 0.5) is 5.82 Å². The minimum Gasteiger partial charge on any atom is -0.313 e. The SMILES string of the molecule is O=C(CC1CCCN1)Nc1ncccc1Br. The topological polar surface area (TPSA) is 54.0 Å². The molecule has 1 atom stereocenters. The van der Waals surface area contributed by atoms with Gasteiger partial charge in [0.25, 0.3) is 0 Å². The fourth-order valence-electron chi connectivity index (χ4n) is 1.82. The Morgan fingerprint density at radius 1 is 1.69 bits per heavy atom. The van der Waals surface area contributed by atoms with Crippen molar-refractivity contribution in [3.63, 3.8) is 0 Å². The van der Waals surface area contributed by atoms with E-state index >= 15 is 0 Å². The third kappa shape index (κ3) is 3.02. The summed E-state index contributed by atoms with van der Waals surface area (Å²) >= 11 is 3.34. The summed E-state index contributed by atoms with van der Waals surface area (Å²) in [7, 11) is 0. The van der Waals surface area contributed by atoms with E-state index < -0.39 is 0 Å². The van der Waals surface area contributed by atoms with Gasteiger partial charge in [-0.1, -0.05) is 0 Å². The number of rotatable bonds is 3. The molecule has 0 radical (unpaired) electrons. The van der Waals surface area contributed by atoms with Crippen molar-refractivity contribution >= 4 is 27.7 Å². The zero-order chi connectivity index (χ0) is 11.4. The zero-order valence-electron chi connectivity index (χ0n) is 8.87. The van der Waals surface area contributed by atoms with Gasteiger partial charge in [0.2, 0.25) is 5.91 Å². The summed E-state index contributed by atoms with van der Waals surface area (Å²) in [6.07, 6.45) is 4.42. The van der Waals surface area contributed by atoms with Crippen LogP contribution in [0, 0.1) is 0 Å². The molecular formula is C11H14BrN3O. The number of anilines is 1. The van der Waals surface area contributed by atoms with Crippen molar-refractivity contribution in [3.8, 4) is 0 Å². The second kappa shape index (κ2) is 5.41. The van der Waals surface area contributed by atoms with Gasteiger partial charge in [-0.2, -0.15) is 0 Å². The van der Waals surface area contributed by atoms with Crippen molar-refractivity contribution in [2.24, 2.45) is 0 Å². The Kier molecular flexibility index (Phi) is 3.90. The quantitative estimate of drug-likeness (QED) is 0.891. The first-order valence-corrected chi connectivity index (χ1v) is 6.19. The summed E-state index contributed by atoms with van der Waals surface area (Å²) in [6, 6.07) is 4.00. The third-order valence-electron chi connectivity index (χ3n) is 2.61. The summed E-state index contributed by atoms with van der Waals surface area (Å²) in [4.78, 5) is 15.8. The van der Waals surface area contributed by atoms with Crippen LogP contribution in [-0.2, 0) is 4.79 Å². The van der Waals surface area contributed by atoms with Crippen LogP contribution in [0.5, 0.6) is 0 Å².